The van der Waals surface area contributed by atoms with Crippen molar-refractivity contribution in [3.05, 3.63) is 58.4 Å². The molecule has 2 aromatic rings. The van der Waals surface area contributed by atoms with Gasteiger partial charge in [0.25, 0.3) is 5.91 Å². The van der Waals surface area contributed by atoms with Gasteiger partial charge in [0.2, 0.25) is 0 Å². The van der Waals surface area contributed by atoms with Crippen LogP contribution in [0.4, 0.5) is 0 Å². The second-order valence-corrected chi connectivity index (χ2v) is 4.47. The highest BCUT2D eigenvalue weighted by atomic mass is 35.5. The molecule has 1 heterocycles. The molecule has 1 amide bonds. The fraction of sp³-hybridized carbons (Fsp3) is 0.0714. The van der Waals surface area contributed by atoms with Gasteiger partial charge in [0, 0.05) is 22.3 Å². The topological polar surface area (TPSA) is 83.5 Å². The number of hydrogen-bond donors (Lipinski definition) is 2. The van der Waals surface area contributed by atoms with Gasteiger partial charge in [-0.3, -0.25) is 9.59 Å². The lowest BCUT2D eigenvalue weighted by atomic mass is 10.1. The molecule has 0 atom stereocenters. The van der Waals surface area contributed by atoms with Crippen LogP contribution in [0.3, 0.4) is 0 Å². The van der Waals surface area contributed by atoms with E-state index in [2.05, 4.69) is 20.3 Å². The highest BCUT2D eigenvalue weighted by Gasteiger charge is 2.14. The number of nitrogens with one attached hydrogen (secondary N) is 2. The van der Waals surface area contributed by atoms with Crippen molar-refractivity contribution in [1.82, 2.24) is 10.3 Å². The van der Waals surface area contributed by atoms with Crippen LogP contribution >= 0.6 is 11.6 Å². The summed E-state index contributed by atoms with van der Waals surface area (Å²) in [5, 5.41) is 6.32. The molecule has 0 aliphatic rings. The fourth-order valence-corrected chi connectivity index (χ4v) is 1.77. The van der Waals surface area contributed by atoms with Gasteiger partial charge in [-0.05, 0) is 30.3 Å². The molecule has 0 bridgehead atoms. The minimum Gasteiger partial charge on any atom is -0.398 e. The molecular weight excluding hydrogens is 294 g/mol. The van der Waals surface area contributed by atoms with E-state index in [1.54, 1.807) is 24.3 Å². The zero-order valence-electron chi connectivity index (χ0n) is 11.1. The van der Waals surface area contributed by atoms with Gasteiger partial charge in [0.05, 0.1) is 0 Å². The Hall–Kier alpha value is -2.60. The number of oxime groups is 1. The van der Waals surface area contributed by atoms with Crippen LogP contribution < -0.4 is 5.32 Å². The van der Waals surface area contributed by atoms with E-state index in [1.165, 1.54) is 19.4 Å². The number of hydrogen-bond acceptors (Lipinski definition) is 4. The summed E-state index contributed by atoms with van der Waals surface area (Å²) in [6.07, 6.45) is 2.59. The number of ketones is 1. The first-order valence-corrected chi connectivity index (χ1v) is 6.34. The average Bonchev–Trinajstić information content (AvgIpc) is 2.97. The number of carbonyl (C=O) groups is 2. The monoisotopic (exact) mass is 305 g/mol. The van der Waals surface area contributed by atoms with Gasteiger partial charge in [0.15, 0.2) is 5.78 Å². The number of rotatable bonds is 5. The summed E-state index contributed by atoms with van der Waals surface area (Å²) in [5.74, 6) is -0.626. The predicted molar refractivity (Wildman–Crippen MR) is 78.6 cm³/mol. The van der Waals surface area contributed by atoms with Gasteiger partial charge in [-0.2, -0.15) is 0 Å². The second-order valence-electron chi connectivity index (χ2n) is 4.03. The average molecular weight is 306 g/mol. The van der Waals surface area contributed by atoms with E-state index < -0.39 is 5.91 Å². The minimum atomic E-state index is -0.425. The van der Waals surface area contributed by atoms with Gasteiger partial charge in [-0.15, -0.1) is 0 Å². The van der Waals surface area contributed by atoms with Gasteiger partial charge in [0.1, 0.15) is 19.1 Å². The molecule has 0 fully saturated rings. The van der Waals surface area contributed by atoms with Crippen LogP contribution in [0.2, 0.25) is 5.02 Å². The standard InChI is InChI=1S/C14H12ClN3O3/c1-21-18-8-17-14(20)12-6-10(7-16-12)13(19)9-2-4-11(15)5-3-9/h2-8,16H,1H3,(H,17,18,20). The van der Waals surface area contributed by atoms with Crippen molar-refractivity contribution in [2.24, 2.45) is 5.16 Å². The van der Waals surface area contributed by atoms with Crippen LogP contribution in [-0.4, -0.2) is 30.1 Å². The second kappa shape index (κ2) is 6.71. The van der Waals surface area contributed by atoms with Crippen molar-refractivity contribution in [2.75, 3.05) is 7.11 Å². The molecule has 2 rings (SSSR count). The molecule has 1 aromatic carbocycles. The summed E-state index contributed by atoms with van der Waals surface area (Å²) in [5.41, 5.74) is 1.12. The summed E-state index contributed by atoms with van der Waals surface area (Å²) in [6.45, 7) is 0. The largest absolute Gasteiger partial charge is 0.398 e. The Morgan fingerprint density at radius 3 is 2.67 bits per heavy atom. The van der Waals surface area contributed by atoms with Crippen molar-refractivity contribution in [2.45, 2.75) is 0 Å². The number of carbonyl (C=O) groups excluding carboxylic acids is 2. The SMILES string of the molecule is CO/N=C/NC(=O)c1cc(C(=O)c2ccc(Cl)cc2)c[nH]1. The predicted octanol–water partition coefficient (Wildman–Crippen LogP) is 2.22. The van der Waals surface area contributed by atoms with E-state index in [0.717, 1.165) is 6.34 Å². The third kappa shape index (κ3) is 3.70. The highest BCUT2D eigenvalue weighted by Crippen LogP contribution is 2.14. The minimum absolute atomic E-state index is 0.201. The lowest BCUT2D eigenvalue weighted by Crippen LogP contribution is -2.21. The Labute approximate surface area is 125 Å². The van der Waals surface area contributed by atoms with E-state index >= 15 is 0 Å². The van der Waals surface area contributed by atoms with Crippen molar-refractivity contribution in [1.29, 1.82) is 0 Å². The van der Waals surface area contributed by atoms with Gasteiger partial charge in [-0.25, -0.2) is 0 Å². The van der Waals surface area contributed by atoms with Crippen LogP contribution in [0.15, 0.2) is 41.7 Å². The Morgan fingerprint density at radius 1 is 1.29 bits per heavy atom. The number of amides is 1. The summed E-state index contributed by atoms with van der Waals surface area (Å²) in [4.78, 5) is 31.1. The normalized spacial score (nSPS) is 10.6. The first-order chi connectivity index (χ1) is 10.1. The third-order valence-electron chi connectivity index (χ3n) is 2.65. The van der Waals surface area contributed by atoms with Crippen LogP contribution in [0.1, 0.15) is 26.4 Å². The van der Waals surface area contributed by atoms with E-state index in [-0.39, 0.29) is 11.5 Å². The first kappa shape index (κ1) is 14.8. The van der Waals surface area contributed by atoms with E-state index in [4.69, 9.17) is 11.6 Å². The molecule has 0 unspecified atom stereocenters. The Morgan fingerprint density at radius 2 is 2.00 bits per heavy atom. The fourth-order valence-electron chi connectivity index (χ4n) is 1.64. The quantitative estimate of drug-likeness (QED) is 0.384. The maximum absolute atomic E-state index is 12.2. The van der Waals surface area contributed by atoms with Crippen molar-refractivity contribution in [3.8, 4) is 0 Å². The van der Waals surface area contributed by atoms with Crippen molar-refractivity contribution >= 4 is 29.6 Å². The molecule has 2 N–H and O–H groups in total. The highest BCUT2D eigenvalue weighted by molar-refractivity contribution is 6.30. The molecule has 0 aliphatic heterocycles. The van der Waals surface area contributed by atoms with Crippen LogP contribution in [0.25, 0.3) is 0 Å². The molecule has 0 radical (unpaired) electrons. The molecule has 21 heavy (non-hydrogen) atoms. The molecule has 1 aromatic heterocycles. The van der Waals surface area contributed by atoms with Crippen molar-refractivity contribution in [3.63, 3.8) is 0 Å². The van der Waals surface area contributed by atoms with E-state index in [9.17, 15) is 9.59 Å². The first-order valence-electron chi connectivity index (χ1n) is 5.96. The number of halogens is 1. The molecule has 0 aliphatic carbocycles. The zero-order valence-corrected chi connectivity index (χ0v) is 11.8. The van der Waals surface area contributed by atoms with Crippen LogP contribution in [0.5, 0.6) is 0 Å². The molecular formula is C14H12ClN3O3. The van der Waals surface area contributed by atoms with E-state index in [0.29, 0.717) is 16.1 Å². The number of nitrogens with zero attached hydrogens (tertiary/aromatic N) is 1. The summed E-state index contributed by atoms with van der Waals surface area (Å²) >= 11 is 5.78. The Bertz CT molecular complexity index is 677. The molecule has 0 spiro atoms. The van der Waals surface area contributed by atoms with Crippen LogP contribution in [-0.2, 0) is 4.84 Å². The summed E-state index contributed by atoms with van der Waals surface area (Å²) in [7, 11) is 1.36. The lowest BCUT2D eigenvalue weighted by molar-refractivity contribution is 0.0972. The molecule has 7 heteroatoms. The Balaban J connectivity index is 2.12. The van der Waals surface area contributed by atoms with Gasteiger partial charge < -0.3 is 15.1 Å². The summed E-state index contributed by atoms with van der Waals surface area (Å²) in [6, 6.07) is 7.99. The van der Waals surface area contributed by atoms with Crippen molar-refractivity contribution < 1.29 is 14.4 Å². The smallest absolute Gasteiger partial charge is 0.272 e. The zero-order chi connectivity index (χ0) is 15.2. The number of benzene rings is 1. The lowest BCUT2D eigenvalue weighted by Gasteiger charge is -1.98. The maximum atomic E-state index is 12.2. The molecule has 0 saturated carbocycles. The van der Waals surface area contributed by atoms with E-state index in [1.807, 2.05) is 0 Å². The number of aromatic amines is 1. The van der Waals surface area contributed by atoms with Crippen LogP contribution in [0, 0.1) is 0 Å². The Kier molecular flexibility index (Phi) is 4.73. The number of aromatic nitrogens is 1. The molecule has 0 saturated heterocycles. The number of H-pyrrole nitrogens is 1. The third-order valence-corrected chi connectivity index (χ3v) is 2.90. The summed E-state index contributed by atoms with van der Waals surface area (Å²) < 4.78 is 0. The van der Waals surface area contributed by atoms with Gasteiger partial charge >= 0.3 is 0 Å². The van der Waals surface area contributed by atoms with Gasteiger partial charge in [-0.1, -0.05) is 16.8 Å². The molecule has 108 valence electrons. The molecule has 6 nitrogen and oxygen atoms in total. The maximum Gasteiger partial charge on any atom is 0.272 e.